The lowest BCUT2D eigenvalue weighted by Gasteiger charge is -2.07. The molecule has 3 heteroatoms. The minimum Gasteiger partial charge on any atom is -0.497 e. The minimum atomic E-state index is 0.907. The number of hydrogen-bond acceptors (Lipinski definition) is 1. The van der Waals surface area contributed by atoms with Gasteiger partial charge in [-0.05, 0) is 42.3 Å². The Bertz CT molecular complexity index is 715. The lowest BCUT2D eigenvalue weighted by atomic mass is 10.1. The molecule has 0 aliphatic heterocycles. The highest BCUT2D eigenvalue weighted by Crippen LogP contribution is 2.25. The van der Waals surface area contributed by atoms with Crippen molar-refractivity contribution in [2.45, 2.75) is 13.0 Å². The first kappa shape index (κ1) is 13.3. The molecule has 0 saturated heterocycles. The molecular weight excluding hydrogens is 314 g/mol. The summed E-state index contributed by atoms with van der Waals surface area (Å²) in [6.07, 6.45) is 3.17. The van der Waals surface area contributed by atoms with Crippen LogP contribution in [0.1, 0.15) is 5.56 Å². The van der Waals surface area contributed by atoms with Gasteiger partial charge in [-0.2, -0.15) is 0 Å². The summed E-state index contributed by atoms with van der Waals surface area (Å²) in [6, 6.07) is 16.8. The molecule has 0 fully saturated rings. The molecule has 20 heavy (non-hydrogen) atoms. The van der Waals surface area contributed by atoms with Crippen LogP contribution in [0.25, 0.3) is 10.9 Å². The number of aryl methyl sites for hydroxylation is 2. The van der Waals surface area contributed by atoms with Gasteiger partial charge in [-0.3, -0.25) is 0 Å². The van der Waals surface area contributed by atoms with Crippen molar-refractivity contribution in [1.29, 1.82) is 0 Å². The highest BCUT2D eigenvalue weighted by Gasteiger charge is 2.04. The Labute approximate surface area is 127 Å². The lowest BCUT2D eigenvalue weighted by Crippen LogP contribution is -1.99. The monoisotopic (exact) mass is 329 g/mol. The van der Waals surface area contributed by atoms with Gasteiger partial charge in [-0.1, -0.05) is 34.1 Å². The number of rotatable bonds is 4. The van der Waals surface area contributed by atoms with Crippen molar-refractivity contribution < 1.29 is 4.74 Å². The number of fused-ring (bicyclic) bond motifs is 1. The molecule has 0 atom stereocenters. The van der Waals surface area contributed by atoms with Crippen LogP contribution in [0.15, 0.2) is 59.2 Å². The molecule has 0 spiro atoms. The van der Waals surface area contributed by atoms with Crippen LogP contribution in [-0.4, -0.2) is 11.7 Å². The maximum atomic E-state index is 5.18. The quantitative estimate of drug-likeness (QED) is 0.679. The van der Waals surface area contributed by atoms with E-state index in [2.05, 4.69) is 63.1 Å². The van der Waals surface area contributed by atoms with E-state index < -0.39 is 0 Å². The van der Waals surface area contributed by atoms with Gasteiger partial charge in [0, 0.05) is 28.1 Å². The fraction of sp³-hybridized carbons (Fsp3) is 0.176. The van der Waals surface area contributed by atoms with Crippen LogP contribution in [0.2, 0.25) is 0 Å². The number of aromatic nitrogens is 1. The second-order valence-corrected chi connectivity index (χ2v) is 5.63. The number of ether oxygens (including phenoxy) is 1. The smallest absolute Gasteiger partial charge is 0.118 e. The first-order valence-corrected chi connectivity index (χ1v) is 7.43. The molecule has 0 radical (unpaired) electrons. The van der Waals surface area contributed by atoms with Gasteiger partial charge in [0.15, 0.2) is 0 Å². The molecule has 0 N–H and O–H groups in total. The number of methoxy groups -OCH3 is 1. The summed E-state index contributed by atoms with van der Waals surface area (Å²) >= 11 is 3.59. The standard InChI is InChI=1S/C17H16BrNO/c1-20-14-7-5-13(6-8-14)9-11-19-12-10-15-16(18)3-2-4-17(15)19/h2-8,10,12H,9,11H2,1H3. The van der Waals surface area contributed by atoms with Crippen LogP contribution in [0, 0.1) is 0 Å². The van der Waals surface area contributed by atoms with E-state index in [1.807, 2.05) is 12.1 Å². The van der Waals surface area contributed by atoms with Crippen molar-refractivity contribution >= 4 is 26.8 Å². The van der Waals surface area contributed by atoms with Crippen molar-refractivity contribution in [2.24, 2.45) is 0 Å². The molecule has 3 aromatic rings. The third-order valence-corrected chi connectivity index (χ3v) is 4.25. The molecule has 3 rings (SSSR count). The van der Waals surface area contributed by atoms with Crippen molar-refractivity contribution in [3.63, 3.8) is 0 Å². The molecule has 0 saturated carbocycles. The second kappa shape index (κ2) is 5.71. The largest absolute Gasteiger partial charge is 0.497 e. The number of hydrogen-bond donors (Lipinski definition) is 0. The van der Waals surface area contributed by atoms with E-state index >= 15 is 0 Å². The van der Waals surface area contributed by atoms with Gasteiger partial charge in [0.05, 0.1) is 7.11 Å². The van der Waals surface area contributed by atoms with Crippen LogP contribution < -0.4 is 4.74 Å². The van der Waals surface area contributed by atoms with Crippen LogP contribution >= 0.6 is 15.9 Å². The van der Waals surface area contributed by atoms with Gasteiger partial charge in [-0.15, -0.1) is 0 Å². The van der Waals surface area contributed by atoms with E-state index in [1.165, 1.54) is 16.5 Å². The van der Waals surface area contributed by atoms with Crippen molar-refractivity contribution in [3.05, 3.63) is 64.8 Å². The van der Waals surface area contributed by atoms with Gasteiger partial charge in [0.25, 0.3) is 0 Å². The zero-order valence-electron chi connectivity index (χ0n) is 11.3. The van der Waals surface area contributed by atoms with E-state index in [-0.39, 0.29) is 0 Å². The minimum absolute atomic E-state index is 0.907. The number of benzene rings is 2. The summed E-state index contributed by atoms with van der Waals surface area (Å²) in [5, 5.41) is 1.27. The van der Waals surface area contributed by atoms with E-state index in [4.69, 9.17) is 4.74 Å². The third-order valence-electron chi connectivity index (χ3n) is 3.56. The molecule has 1 aromatic heterocycles. The Morgan fingerprint density at radius 1 is 1.05 bits per heavy atom. The Hall–Kier alpha value is -1.74. The van der Waals surface area contributed by atoms with E-state index in [9.17, 15) is 0 Å². The maximum absolute atomic E-state index is 5.18. The first-order valence-electron chi connectivity index (χ1n) is 6.64. The Morgan fingerprint density at radius 3 is 2.60 bits per heavy atom. The van der Waals surface area contributed by atoms with Crippen molar-refractivity contribution in [2.75, 3.05) is 7.11 Å². The van der Waals surface area contributed by atoms with E-state index in [0.717, 1.165) is 23.2 Å². The molecule has 2 aromatic carbocycles. The average molecular weight is 330 g/mol. The maximum Gasteiger partial charge on any atom is 0.118 e. The van der Waals surface area contributed by atoms with Gasteiger partial charge in [-0.25, -0.2) is 0 Å². The summed E-state index contributed by atoms with van der Waals surface area (Å²) < 4.78 is 8.63. The molecule has 0 unspecified atom stereocenters. The topological polar surface area (TPSA) is 14.2 Å². The molecule has 2 nitrogen and oxygen atoms in total. The van der Waals surface area contributed by atoms with Gasteiger partial charge in [0.1, 0.15) is 5.75 Å². The number of nitrogens with zero attached hydrogens (tertiary/aromatic N) is 1. The Morgan fingerprint density at radius 2 is 1.85 bits per heavy atom. The lowest BCUT2D eigenvalue weighted by molar-refractivity contribution is 0.414. The van der Waals surface area contributed by atoms with Crippen LogP contribution in [0.4, 0.5) is 0 Å². The number of halogens is 1. The highest BCUT2D eigenvalue weighted by molar-refractivity contribution is 9.10. The zero-order chi connectivity index (χ0) is 13.9. The molecule has 0 aliphatic rings. The predicted molar refractivity (Wildman–Crippen MR) is 86.3 cm³/mol. The SMILES string of the molecule is COc1ccc(CCn2ccc3c(Br)cccc32)cc1. The van der Waals surface area contributed by atoms with Gasteiger partial charge in [0.2, 0.25) is 0 Å². The molecule has 102 valence electrons. The first-order chi connectivity index (χ1) is 9.78. The van der Waals surface area contributed by atoms with Crippen LogP contribution in [0.5, 0.6) is 5.75 Å². The molecule has 0 aliphatic carbocycles. The van der Waals surface area contributed by atoms with Gasteiger partial charge >= 0.3 is 0 Å². The molecule has 0 bridgehead atoms. The molecular formula is C17H16BrNO. The summed E-state index contributed by atoms with van der Waals surface area (Å²) in [6.45, 7) is 0.978. The fourth-order valence-electron chi connectivity index (χ4n) is 2.42. The average Bonchev–Trinajstić information content (AvgIpc) is 2.90. The third kappa shape index (κ3) is 2.59. The molecule has 1 heterocycles. The summed E-state index contributed by atoms with van der Waals surface area (Å²) in [7, 11) is 1.69. The zero-order valence-corrected chi connectivity index (χ0v) is 12.9. The highest BCUT2D eigenvalue weighted by atomic mass is 79.9. The van der Waals surface area contributed by atoms with Crippen molar-refractivity contribution in [1.82, 2.24) is 4.57 Å². The van der Waals surface area contributed by atoms with E-state index in [1.54, 1.807) is 7.11 Å². The Kier molecular flexibility index (Phi) is 3.79. The summed E-state index contributed by atoms with van der Waals surface area (Å²) in [5.41, 5.74) is 2.59. The second-order valence-electron chi connectivity index (χ2n) is 4.78. The summed E-state index contributed by atoms with van der Waals surface area (Å²) in [4.78, 5) is 0. The fourth-order valence-corrected chi connectivity index (χ4v) is 2.91. The Balaban J connectivity index is 1.78. The normalized spacial score (nSPS) is 10.9. The van der Waals surface area contributed by atoms with E-state index in [0.29, 0.717) is 0 Å². The summed E-state index contributed by atoms with van der Waals surface area (Å²) in [5.74, 6) is 0.907. The van der Waals surface area contributed by atoms with Crippen molar-refractivity contribution in [3.8, 4) is 5.75 Å². The van der Waals surface area contributed by atoms with Crippen LogP contribution in [-0.2, 0) is 13.0 Å². The van der Waals surface area contributed by atoms with Gasteiger partial charge < -0.3 is 9.30 Å². The van der Waals surface area contributed by atoms with Crippen LogP contribution in [0.3, 0.4) is 0 Å². The molecule has 0 amide bonds. The predicted octanol–water partition coefficient (Wildman–Crippen LogP) is 4.66.